The summed E-state index contributed by atoms with van der Waals surface area (Å²) >= 11 is 0. The lowest BCUT2D eigenvalue weighted by atomic mass is 9.91. The molecule has 10 aromatic carbocycles. The highest BCUT2D eigenvalue weighted by Crippen LogP contribution is 2.43. The molecule has 58 heavy (non-hydrogen) atoms. The Kier molecular flexibility index (Phi) is 8.19. The molecule has 0 aliphatic rings. The molecule has 0 aliphatic carbocycles. The third-order valence-electron chi connectivity index (χ3n) is 11.5. The van der Waals surface area contributed by atoms with Crippen LogP contribution >= 0.6 is 0 Å². The summed E-state index contributed by atoms with van der Waals surface area (Å²) in [5.74, 6) is 0. The summed E-state index contributed by atoms with van der Waals surface area (Å²) in [7, 11) is 0. The van der Waals surface area contributed by atoms with Crippen LogP contribution < -0.4 is 4.90 Å². The van der Waals surface area contributed by atoms with Gasteiger partial charge in [-0.25, -0.2) is 0 Å². The molecule has 2 nitrogen and oxygen atoms in total. The molecule has 0 saturated carbocycles. The Bertz CT molecular complexity index is 3240. The van der Waals surface area contributed by atoms with Crippen molar-refractivity contribution in [2.45, 2.75) is 0 Å². The minimum atomic E-state index is 0.896. The quantitative estimate of drug-likeness (QED) is 0.162. The fourth-order valence-electron chi connectivity index (χ4n) is 8.53. The molecule has 0 N–H and O–H groups in total. The first-order valence-electron chi connectivity index (χ1n) is 19.8. The fraction of sp³-hybridized carbons (Fsp3) is 0. The second-order valence-electron chi connectivity index (χ2n) is 14.9. The molecule has 0 unspecified atom stereocenters. The lowest BCUT2D eigenvalue weighted by molar-refractivity contribution is 0.669. The summed E-state index contributed by atoms with van der Waals surface area (Å²) in [4.78, 5) is 2.35. The van der Waals surface area contributed by atoms with E-state index in [4.69, 9.17) is 4.42 Å². The van der Waals surface area contributed by atoms with Crippen LogP contribution in [0.4, 0.5) is 17.1 Å². The average Bonchev–Trinajstić information content (AvgIpc) is 3.69. The summed E-state index contributed by atoms with van der Waals surface area (Å²) in [5, 5.41) is 7.10. The van der Waals surface area contributed by atoms with Crippen LogP contribution in [0.2, 0.25) is 0 Å². The van der Waals surface area contributed by atoms with Crippen LogP contribution in [0.1, 0.15) is 0 Å². The largest absolute Gasteiger partial charge is 0.456 e. The van der Waals surface area contributed by atoms with Crippen molar-refractivity contribution < 1.29 is 4.42 Å². The van der Waals surface area contributed by atoms with E-state index in [1.54, 1.807) is 0 Å². The lowest BCUT2D eigenvalue weighted by Gasteiger charge is -2.26. The van der Waals surface area contributed by atoms with Gasteiger partial charge in [0.25, 0.3) is 0 Å². The molecular weight excluding hydrogens is 703 g/mol. The highest BCUT2D eigenvalue weighted by atomic mass is 16.3. The first-order valence-corrected chi connectivity index (χ1v) is 19.8. The zero-order valence-electron chi connectivity index (χ0n) is 31.7. The first kappa shape index (κ1) is 33.6. The zero-order chi connectivity index (χ0) is 38.4. The van der Waals surface area contributed by atoms with Crippen LogP contribution in [0.3, 0.4) is 0 Å². The minimum absolute atomic E-state index is 0.896. The number of fused-ring (bicyclic) bond motifs is 6. The number of rotatable bonds is 7. The van der Waals surface area contributed by atoms with Gasteiger partial charge in [-0.05, 0) is 121 Å². The Morgan fingerprint density at radius 2 is 0.776 bits per heavy atom. The van der Waals surface area contributed by atoms with Crippen molar-refractivity contribution in [3.63, 3.8) is 0 Å². The van der Waals surface area contributed by atoms with Gasteiger partial charge in [-0.15, -0.1) is 0 Å². The molecule has 0 spiro atoms. The summed E-state index contributed by atoms with van der Waals surface area (Å²) < 4.78 is 6.54. The third kappa shape index (κ3) is 6.00. The Morgan fingerprint density at radius 3 is 1.45 bits per heavy atom. The number of hydrogen-bond acceptors (Lipinski definition) is 2. The number of hydrogen-bond donors (Lipinski definition) is 0. The van der Waals surface area contributed by atoms with Crippen molar-refractivity contribution in [3.8, 4) is 44.5 Å². The maximum absolute atomic E-state index is 6.54. The SMILES string of the molecule is c1ccc(-c2ccc(-c3cc4oc5ccccc5c4c4cc(-c5ccc(N(c6ccc(-c7ccccc7)cc6)c6ccc7ccccc7c6)cc5)ccc34)cc2)cc1. The third-order valence-corrected chi connectivity index (χ3v) is 11.5. The van der Waals surface area contributed by atoms with Crippen molar-refractivity contribution in [3.05, 3.63) is 224 Å². The fourth-order valence-corrected chi connectivity index (χ4v) is 8.53. The zero-order valence-corrected chi connectivity index (χ0v) is 31.7. The Morgan fingerprint density at radius 1 is 0.276 bits per heavy atom. The number of benzene rings is 10. The number of anilines is 3. The Balaban J connectivity index is 1.01. The molecule has 0 aliphatic heterocycles. The van der Waals surface area contributed by atoms with Crippen LogP contribution in [0.15, 0.2) is 229 Å². The van der Waals surface area contributed by atoms with E-state index in [1.807, 2.05) is 6.07 Å². The van der Waals surface area contributed by atoms with Gasteiger partial charge >= 0.3 is 0 Å². The molecule has 11 rings (SSSR count). The Labute approximate surface area is 337 Å². The highest BCUT2D eigenvalue weighted by Gasteiger charge is 2.18. The predicted octanol–water partition coefficient (Wildman–Crippen LogP) is 16.0. The van der Waals surface area contributed by atoms with Gasteiger partial charge < -0.3 is 9.32 Å². The lowest BCUT2D eigenvalue weighted by Crippen LogP contribution is -2.09. The molecular formula is C56H37NO. The smallest absolute Gasteiger partial charge is 0.136 e. The maximum atomic E-state index is 6.54. The van der Waals surface area contributed by atoms with Gasteiger partial charge in [0.05, 0.1) is 0 Å². The molecule has 0 saturated heterocycles. The first-order chi connectivity index (χ1) is 28.7. The summed E-state index contributed by atoms with van der Waals surface area (Å²) in [6.07, 6.45) is 0. The van der Waals surface area contributed by atoms with Gasteiger partial charge in [0.1, 0.15) is 11.2 Å². The van der Waals surface area contributed by atoms with E-state index < -0.39 is 0 Å². The molecule has 1 heterocycles. The van der Waals surface area contributed by atoms with Crippen LogP contribution in [0, 0.1) is 0 Å². The molecule has 0 bridgehead atoms. The van der Waals surface area contributed by atoms with E-state index in [0.717, 1.165) is 61.3 Å². The number of para-hydroxylation sites is 1. The molecule has 0 amide bonds. The minimum Gasteiger partial charge on any atom is -0.456 e. The van der Waals surface area contributed by atoms with Crippen molar-refractivity contribution in [1.82, 2.24) is 0 Å². The van der Waals surface area contributed by atoms with Gasteiger partial charge in [0.15, 0.2) is 0 Å². The van der Waals surface area contributed by atoms with E-state index in [-0.39, 0.29) is 0 Å². The van der Waals surface area contributed by atoms with Gasteiger partial charge in [0.2, 0.25) is 0 Å². The van der Waals surface area contributed by atoms with Crippen molar-refractivity contribution in [2.24, 2.45) is 0 Å². The van der Waals surface area contributed by atoms with Crippen molar-refractivity contribution in [2.75, 3.05) is 4.90 Å². The topological polar surface area (TPSA) is 16.4 Å². The average molecular weight is 740 g/mol. The van der Waals surface area contributed by atoms with E-state index in [2.05, 4.69) is 223 Å². The van der Waals surface area contributed by atoms with E-state index in [9.17, 15) is 0 Å². The van der Waals surface area contributed by atoms with Crippen LogP contribution in [-0.2, 0) is 0 Å². The monoisotopic (exact) mass is 739 g/mol. The molecule has 272 valence electrons. The maximum Gasteiger partial charge on any atom is 0.136 e. The van der Waals surface area contributed by atoms with Gasteiger partial charge in [-0.1, -0.05) is 170 Å². The molecule has 11 aromatic rings. The molecule has 0 fully saturated rings. The number of nitrogens with zero attached hydrogens (tertiary/aromatic N) is 1. The second kappa shape index (κ2) is 14.1. The van der Waals surface area contributed by atoms with E-state index in [1.165, 1.54) is 43.8 Å². The van der Waals surface area contributed by atoms with Crippen molar-refractivity contribution >= 4 is 60.5 Å². The predicted molar refractivity (Wildman–Crippen MR) is 245 cm³/mol. The summed E-state index contributed by atoms with van der Waals surface area (Å²) in [6, 6.07) is 80.6. The summed E-state index contributed by atoms with van der Waals surface area (Å²) in [6.45, 7) is 0. The summed E-state index contributed by atoms with van der Waals surface area (Å²) in [5.41, 5.74) is 14.6. The van der Waals surface area contributed by atoms with Crippen molar-refractivity contribution in [1.29, 1.82) is 0 Å². The van der Waals surface area contributed by atoms with E-state index in [0.29, 0.717) is 0 Å². The van der Waals surface area contributed by atoms with Gasteiger partial charge in [-0.3, -0.25) is 0 Å². The Hall–Kier alpha value is -7.68. The van der Waals surface area contributed by atoms with Crippen LogP contribution in [0.5, 0.6) is 0 Å². The second-order valence-corrected chi connectivity index (χ2v) is 14.9. The van der Waals surface area contributed by atoms with Gasteiger partial charge in [0, 0.05) is 27.8 Å². The normalized spacial score (nSPS) is 11.4. The van der Waals surface area contributed by atoms with Crippen LogP contribution in [0.25, 0.3) is 88.0 Å². The number of furan rings is 1. The standard InChI is InChI=1S/C56H37NO/c1-3-11-38(12-4-1)41-19-21-44(22-20-41)52-37-55-56(51-17-9-10-18-54(51)58-55)53-36-46(28-34-50(52)53)43-25-31-48(32-26-43)57(49-33-27-40-15-7-8-16-45(40)35-49)47-29-23-42(24-30-47)39-13-5-2-6-14-39/h1-37H. The van der Waals surface area contributed by atoms with Gasteiger partial charge in [-0.2, -0.15) is 0 Å². The molecule has 1 aromatic heterocycles. The molecule has 0 radical (unpaired) electrons. The molecule has 2 heteroatoms. The van der Waals surface area contributed by atoms with E-state index >= 15 is 0 Å². The highest BCUT2D eigenvalue weighted by molar-refractivity contribution is 6.22. The molecule has 0 atom stereocenters. The van der Waals surface area contributed by atoms with Crippen LogP contribution in [-0.4, -0.2) is 0 Å².